The van der Waals surface area contributed by atoms with Crippen LogP contribution in [0.15, 0.2) is 18.3 Å². The van der Waals surface area contributed by atoms with E-state index in [-0.39, 0.29) is 29.4 Å². The zero-order chi connectivity index (χ0) is 13.9. The smallest absolute Gasteiger partial charge is 0.182 e. The molecular weight excluding hydrogens is 271 g/mol. The zero-order valence-electron chi connectivity index (χ0n) is 10.4. The minimum atomic E-state index is -2.89. The average molecular weight is 286 g/mol. The summed E-state index contributed by atoms with van der Waals surface area (Å²) < 4.78 is 35.2. The van der Waals surface area contributed by atoms with E-state index in [1.54, 1.807) is 0 Å². The van der Waals surface area contributed by atoms with Crippen molar-refractivity contribution in [1.29, 1.82) is 0 Å². The number of aromatic nitrogens is 1. The number of sulfone groups is 1. The highest BCUT2D eigenvalue weighted by Gasteiger charge is 2.21. The van der Waals surface area contributed by atoms with E-state index < -0.39 is 15.7 Å². The van der Waals surface area contributed by atoms with Gasteiger partial charge >= 0.3 is 0 Å². The van der Waals surface area contributed by atoms with Crippen LogP contribution >= 0.6 is 0 Å². The molecule has 2 rings (SSSR count). The number of carbonyl (C=O) groups is 1. The largest absolute Gasteiger partial charge is 0.301 e. The molecule has 0 N–H and O–H groups in total. The number of ketones is 1. The standard InChI is InChI=1S/C12H15FN2O3S/c13-10-1-2-11(14-9-10)12(16)3-4-15-5-7-19(17,18)8-6-15/h1-2,9H,3-8H2. The highest BCUT2D eigenvalue weighted by Crippen LogP contribution is 2.07. The summed E-state index contributed by atoms with van der Waals surface area (Å²) in [4.78, 5) is 17.5. The van der Waals surface area contributed by atoms with Crippen LogP contribution in [0.1, 0.15) is 16.9 Å². The molecule has 1 fully saturated rings. The molecule has 0 saturated carbocycles. The molecule has 0 radical (unpaired) electrons. The quantitative estimate of drug-likeness (QED) is 0.755. The molecular formula is C12H15FN2O3S. The minimum absolute atomic E-state index is 0.149. The number of rotatable bonds is 4. The molecule has 2 heterocycles. The van der Waals surface area contributed by atoms with Gasteiger partial charge in [-0.3, -0.25) is 9.78 Å². The van der Waals surface area contributed by atoms with E-state index in [4.69, 9.17) is 0 Å². The number of halogens is 1. The fraction of sp³-hybridized carbons (Fsp3) is 0.500. The second-order valence-electron chi connectivity index (χ2n) is 4.53. The van der Waals surface area contributed by atoms with Crippen molar-refractivity contribution in [1.82, 2.24) is 9.88 Å². The minimum Gasteiger partial charge on any atom is -0.301 e. The average Bonchev–Trinajstić information content (AvgIpc) is 2.38. The maximum Gasteiger partial charge on any atom is 0.182 e. The van der Waals surface area contributed by atoms with Crippen molar-refractivity contribution >= 4 is 15.6 Å². The van der Waals surface area contributed by atoms with Crippen molar-refractivity contribution in [2.75, 3.05) is 31.1 Å². The van der Waals surface area contributed by atoms with Crippen molar-refractivity contribution in [2.45, 2.75) is 6.42 Å². The third-order valence-corrected chi connectivity index (χ3v) is 4.71. The first-order chi connectivity index (χ1) is 8.96. The molecule has 1 aliphatic rings. The molecule has 0 bridgehead atoms. The summed E-state index contributed by atoms with van der Waals surface area (Å²) in [5, 5.41) is 0. The van der Waals surface area contributed by atoms with E-state index in [1.165, 1.54) is 12.1 Å². The van der Waals surface area contributed by atoms with Gasteiger partial charge in [-0.1, -0.05) is 0 Å². The zero-order valence-corrected chi connectivity index (χ0v) is 11.2. The normalized spacial score (nSPS) is 19.2. The highest BCUT2D eigenvalue weighted by atomic mass is 32.2. The van der Waals surface area contributed by atoms with E-state index in [0.29, 0.717) is 19.6 Å². The SMILES string of the molecule is O=C(CCN1CCS(=O)(=O)CC1)c1ccc(F)cn1. The number of Topliss-reactive ketones (excluding diaryl/α,β-unsaturated/α-hetero) is 1. The third-order valence-electron chi connectivity index (χ3n) is 3.11. The van der Waals surface area contributed by atoms with Crippen LogP contribution in [0.4, 0.5) is 4.39 Å². The molecule has 0 spiro atoms. The van der Waals surface area contributed by atoms with Crippen molar-refractivity contribution in [3.05, 3.63) is 29.8 Å². The molecule has 7 heteroatoms. The van der Waals surface area contributed by atoms with Crippen LogP contribution in [-0.2, 0) is 9.84 Å². The van der Waals surface area contributed by atoms with E-state index in [0.717, 1.165) is 6.20 Å². The summed E-state index contributed by atoms with van der Waals surface area (Å²) in [5.74, 6) is -0.336. The fourth-order valence-electron chi connectivity index (χ4n) is 1.90. The summed E-state index contributed by atoms with van der Waals surface area (Å²) in [6.45, 7) is 1.44. The van der Waals surface area contributed by atoms with Crippen LogP contribution in [0.2, 0.25) is 0 Å². The number of pyridine rings is 1. The fourth-order valence-corrected chi connectivity index (χ4v) is 3.18. The van der Waals surface area contributed by atoms with E-state index >= 15 is 0 Å². The van der Waals surface area contributed by atoms with Crippen LogP contribution in [0.25, 0.3) is 0 Å². The predicted octanol–water partition coefficient (Wildman–Crippen LogP) is 0.524. The first-order valence-electron chi connectivity index (χ1n) is 6.04. The van der Waals surface area contributed by atoms with Crippen LogP contribution in [-0.4, -0.2) is 55.2 Å². The maximum atomic E-state index is 12.7. The molecule has 0 amide bonds. The maximum absolute atomic E-state index is 12.7. The molecule has 1 aromatic rings. The Morgan fingerprint density at radius 3 is 2.58 bits per heavy atom. The monoisotopic (exact) mass is 286 g/mol. The predicted molar refractivity (Wildman–Crippen MR) is 68.2 cm³/mol. The van der Waals surface area contributed by atoms with Crippen LogP contribution in [0.5, 0.6) is 0 Å². The molecule has 0 aromatic carbocycles. The van der Waals surface area contributed by atoms with Gasteiger partial charge in [0.25, 0.3) is 0 Å². The van der Waals surface area contributed by atoms with Crippen molar-refractivity contribution in [3.8, 4) is 0 Å². The van der Waals surface area contributed by atoms with Gasteiger partial charge in [0.15, 0.2) is 15.6 Å². The van der Waals surface area contributed by atoms with Crippen LogP contribution in [0, 0.1) is 5.82 Å². The Morgan fingerprint density at radius 1 is 1.32 bits per heavy atom. The van der Waals surface area contributed by atoms with Crippen LogP contribution in [0.3, 0.4) is 0 Å². The van der Waals surface area contributed by atoms with Gasteiger partial charge in [-0.2, -0.15) is 0 Å². The molecule has 1 aromatic heterocycles. The molecule has 5 nitrogen and oxygen atoms in total. The Bertz CT molecular complexity index is 543. The number of nitrogens with zero attached hydrogens (tertiary/aromatic N) is 2. The Kier molecular flexibility index (Phi) is 4.26. The Balaban J connectivity index is 1.83. The Morgan fingerprint density at radius 2 is 2.00 bits per heavy atom. The lowest BCUT2D eigenvalue weighted by Crippen LogP contribution is -2.41. The van der Waals surface area contributed by atoms with Gasteiger partial charge < -0.3 is 4.90 Å². The molecule has 0 unspecified atom stereocenters. The van der Waals surface area contributed by atoms with Crippen LogP contribution < -0.4 is 0 Å². The van der Waals surface area contributed by atoms with E-state index in [1.807, 2.05) is 4.90 Å². The van der Waals surface area contributed by atoms with E-state index in [2.05, 4.69) is 4.98 Å². The summed E-state index contributed by atoms with van der Waals surface area (Å²) >= 11 is 0. The second-order valence-corrected chi connectivity index (χ2v) is 6.83. The summed E-state index contributed by atoms with van der Waals surface area (Å²) in [7, 11) is -2.89. The van der Waals surface area contributed by atoms with Gasteiger partial charge in [0.2, 0.25) is 0 Å². The topological polar surface area (TPSA) is 67.3 Å². The van der Waals surface area contributed by atoms with Crippen molar-refractivity contribution < 1.29 is 17.6 Å². The summed E-state index contributed by atoms with van der Waals surface area (Å²) in [6, 6.07) is 2.56. The number of hydrogen-bond donors (Lipinski definition) is 0. The Hall–Kier alpha value is -1.34. The number of carbonyl (C=O) groups excluding carboxylic acids is 1. The molecule has 0 aliphatic carbocycles. The summed E-state index contributed by atoms with van der Waals surface area (Å²) in [5.41, 5.74) is 0.242. The van der Waals surface area contributed by atoms with Gasteiger partial charge in [0.1, 0.15) is 11.5 Å². The van der Waals surface area contributed by atoms with Crippen molar-refractivity contribution in [2.24, 2.45) is 0 Å². The third kappa shape index (κ3) is 4.07. The molecule has 0 atom stereocenters. The highest BCUT2D eigenvalue weighted by molar-refractivity contribution is 7.91. The second kappa shape index (κ2) is 5.75. The summed E-state index contributed by atoms with van der Waals surface area (Å²) in [6.07, 6.45) is 1.28. The lowest BCUT2D eigenvalue weighted by molar-refractivity contribution is 0.0961. The van der Waals surface area contributed by atoms with Gasteiger partial charge in [-0.05, 0) is 12.1 Å². The van der Waals surface area contributed by atoms with Gasteiger partial charge in [0.05, 0.1) is 17.7 Å². The van der Waals surface area contributed by atoms with E-state index in [9.17, 15) is 17.6 Å². The van der Waals surface area contributed by atoms with Crippen molar-refractivity contribution in [3.63, 3.8) is 0 Å². The first-order valence-corrected chi connectivity index (χ1v) is 7.86. The molecule has 19 heavy (non-hydrogen) atoms. The Labute approximate surface area is 111 Å². The molecule has 1 aliphatic heterocycles. The molecule has 1 saturated heterocycles. The lowest BCUT2D eigenvalue weighted by atomic mass is 10.2. The molecule has 104 valence electrons. The number of hydrogen-bond acceptors (Lipinski definition) is 5. The first kappa shape index (κ1) is 14.1. The van der Waals surface area contributed by atoms with Gasteiger partial charge in [0, 0.05) is 26.1 Å². The van der Waals surface area contributed by atoms with Gasteiger partial charge in [-0.25, -0.2) is 12.8 Å². The lowest BCUT2D eigenvalue weighted by Gasteiger charge is -2.25. The van der Waals surface area contributed by atoms with Gasteiger partial charge in [-0.15, -0.1) is 0 Å².